The third kappa shape index (κ3) is 39.0. The summed E-state index contributed by atoms with van der Waals surface area (Å²) in [5, 5.41) is 0. The van der Waals surface area contributed by atoms with E-state index >= 15 is 0 Å². The van der Waals surface area contributed by atoms with Crippen molar-refractivity contribution in [3.05, 3.63) is 0 Å². The molecule has 0 aromatic carbocycles. The van der Waals surface area contributed by atoms with E-state index in [0.29, 0.717) is 19.1 Å². The number of hydrogen-bond donors (Lipinski definition) is 1. The van der Waals surface area contributed by atoms with Gasteiger partial charge in [-0.05, 0) is 84.0 Å². The molecule has 5 nitrogen and oxygen atoms in total. The lowest BCUT2D eigenvalue weighted by atomic mass is 10.0. The molecule has 0 heterocycles. The number of esters is 1. The van der Waals surface area contributed by atoms with Crippen LogP contribution in [0.3, 0.4) is 0 Å². The average molecular weight is 739 g/mol. The number of carbonyl (C=O) groups excluding carboxylic acids is 1. The minimum atomic E-state index is -0.000746. The van der Waals surface area contributed by atoms with Crippen molar-refractivity contribution >= 4 is 20.3 Å². The lowest BCUT2D eigenvalue weighted by Gasteiger charge is -2.22. The van der Waals surface area contributed by atoms with Crippen LogP contribution in [-0.2, 0) is 14.3 Å². The number of nitrogens with zero attached hydrogens (tertiary/aromatic N) is 1. The van der Waals surface area contributed by atoms with E-state index < -0.39 is 0 Å². The Hall–Kier alpha value is -0.480. The maximum Gasteiger partial charge on any atom is 0.305 e. The van der Waals surface area contributed by atoms with E-state index in [1.807, 2.05) is 0 Å². The summed E-state index contributed by atoms with van der Waals surface area (Å²) >= 11 is 0. The topological polar surface area (TPSA) is 64.8 Å². The Morgan fingerprint density at radius 1 is 0.510 bits per heavy atom. The van der Waals surface area contributed by atoms with E-state index in [-0.39, 0.29) is 5.97 Å². The molecule has 0 fully saturated rings. The molecular formula is C45H91N2O3P. The molecule has 0 aliphatic rings. The lowest BCUT2D eigenvalue weighted by molar-refractivity contribution is -0.143. The third-order valence-corrected chi connectivity index (χ3v) is 10.9. The number of ether oxygens (including phenoxy) is 2. The normalized spacial score (nSPS) is 11.6. The first kappa shape index (κ1) is 50.5. The highest BCUT2D eigenvalue weighted by molar-refractivity contribution is 7.20. The van der Waals surface area contributed by atoms with E-state index in [1.54, 1.807) is 0 Å². The summed E-state index contributed by atoms with van der Waals surface area (Å²) in [5.41, 5.74) is 6.94. The molecule has 0 aliphatic heterocycles. The van der Waals surface area contributed by atoms with Crippen molar-refractivity contribution in [2.75, 3.05) is 32.8 Å². The Kier molecular flexibility index (Phi) is 41.9. The molecule has 304 valence electrons. The van der Waals surface area contributed by atoms with Crippen LogP contribution >= 0.6 is 8.86 Å². The summed E-state index contributed by atoms with van der Waals surface area (Å²) < 4.78 is 11.9. The quantitative estimate of drug-likeness (QED) is 0.0383. The highest BCUT2D eigenvalue weighted by Crippen LogP contribution is 2.19. The van der Waals surface area contributed by atoms with Crippen LogP contribution in [0, 0.1) is 0 Å². The summed E-state index contributed by atoms with van der Waals surface area (Å²) in [6.07, 6.45) is 42.8. The molecule has 2 N–H and O–H groups in total. The van der Waals surface area contributed by atoms with Gasteiger partial charge in [0.25, 0.3) is 0 Å². The molecule has 0 aromatic heterocycles. The third-order valence-electron chi connectivity index (χ3n) is 10.5. The van der Waals surface area contributed by atoms with Crippen LogP contribution in [0.25, 0.3) is 0 Å². The molecule has 0 radical (unpaired) electrons. The van der Waals surface area contributed by atoms with E-state index in [1.165, 1.54) is 193 Å². The number of carbonyl (C=O) groups is 1. The van der Waals surface area contributed by atoms with Gasteiger partial charge < -0.3 is 20.1 Å². The standard InChI is InChI=1S/C45H91N2O3P/c1-4-7-10-13-16-25-32-42-49-44(48)36-28-21-17-23-30-39-47(41-33-38-46)40-31-24-18-22-29-37-45(51)50-43(34-26-19-14-11-8-5-2)35-27-20-15-12-9-6-3/h43,51H,4-42,46H2,1-3H3. The van der Waals surface area contributed by atoms with E-state index in [9.17, 15) is 4.79 Å². The van der Waals surface area contributed by atoms with E-state index in [4.69, 9.17) is 15.2 Å². The summed E-state index contributed by atoms with van der Waals surface area (Å²) in [6.45, 7) is 11.7. The van der Waals surface area contributed by atoms with Crippen LogP contribution in [-0.4, -0.2) is 55.2 Å². The summed E-state index contributed by atoms with van der Waals surface area (Å²) in [7, 11) is 3.88. The van der Waals surface area contributed by atoms with Crippen LogP contribution in [0.2, 0.25) is 0 Å². The van der Waals surface area contributed by atoms with Gasteiger partial charge in [0.1, 0.15) is 0 Å². The summed E-state index contributed by atoms with van der Waals surface area (Å²) in [5.74, 6) is -0.000746. The van der Waals surface area contributed by atoms with Crippen molar-refractivity contribution < 1.29 is 14.3 Å². The number of nitrogens with two attached hydrogens (primary N) is 1. The second kappa shape index (κ2) is 42.3. The molecule has 0 bridgehead atoms. The molecule has 51 heavy (non-hydrogen) atoms. The Morgan fingerprint density at radius 3 is 1.39 bits per heavy atom. The van der Waals surface area contributed by atoms with Crippen LogP contribution in [0.5, 0.6) is 0 Å². The first-order valence-electron chi connectivity index (χ1n) is 22.9. The zero-order valence-corrected chi connectivity index (χ0v) is 35.9. The average Bonchev–Trinajstić information content (AvgIpc) is 3.13. The van der Waals surface area contributed by atoms with Gasteiger partial charge in [0, 0.05) is 6.42 Å². The molecular weight excluding hydrogens is 647 g/mol. The zero-order valence-electron chi connectivity index (χ0n) is 34.9. The van der Waals surface area contributed by atoms with Gasteiger partial charge in [-0.3, -0.25) is 4.79 Å². The van der Waals surface area contributed by atoms with Crippen molar-refractivity contribution in [1.82, 2.24) is 4.90 Å². The second-order valence-corrected chi connectivity index (χ2v) is 16.2. The Morgan fingerprint density at radius 2 is 0.902 bits per heavy atom. The van der Waals surface area contributed by atoms with Crippen molar-refractivity contribution in [1.29, 1.82) is 0 Å². The van der Waals surface area contributed by atoms with E-state index in [0.717, 1.165) is 50.7 Å². The maximum atomic E-state index is 12.0. The monoisotopic (exact) mass is 739 g/mol. The fraction of sp³-hybridized carbons (Fsp3) is 0.956. The molecule has 0 aromatic rings. The van der Waals surface area contributed by atoms with Crippen LogP contribution < -0.4 is 5.73 Å². The predicted molar refractivity (Wildman–Crippen MR) is 229 cm³/mol. The molecule has 0 unspecified atom stereocenters. The maximum absolute atomic E-state index is 12.0. The SMILES string of the molecule is CCCCCCCCCOC(=O)CCCCCCCN(CCCN)CCCCCCCC(=P)OC(CCCCCCCC)CCCCCCCC. The number of unbranched alkanes of at least 4 members (excludes halogenated alkanes) is 24. The highest BCUT2D eigenvalue weighted by atomic mass is 31.0. The zero-order chi connectivity index (χ0) is 37.3. The molecule has 0 saturated carbocycles. The van der Waals surface area contributed by atoms with Gasteiger partial charge in [-0.25, -0.2) is 0 Å². The highest BCUT2D eigenvalue weighted by Gasteiger charge is 2.12. The molecule has 0 saturated heterocycles. The molecule has 0 spiro atoms. The van der Waals surface area contributed by atoms with Gasteiger partial charge in [-0.2, -0.15) is 0 Å². The van der Waals surface area contributed by atoms with Gasteiger partial charge in [0.15, 0.2) is 0 Å². The van der Waals surface area contributed by atoms with E-state index in [2.05, 4.69) is 34.5 Å². The smallest absolute Gasteiger partial charge is 0.305 e. The molecule has 6 heteroatoms. The van der Waals surface area contributed by atoms with Crippen molar-refractivity contribution in [2.24, 2.45) is 5.73 Å². The van der Waals surface area contributed by atoms with Crippen molar-refractivity contribution in [3.8, 4) is 0 Å². The predicted octanol–water partition coefficient (Wildman–Crippen LogP) is 13.8. The largest absolute Gasteiger partial charge is 0.466 e. The van der Waals surface area contributed by atoms with Crippen LogP contribution in [0.4, 0.5) is 0 Å². The first-order valence-corrected chi connectivity index (χ1v) is 23.4. The fourth-order valence-corrected chi connectivity index (χ4v) is 7.42. The molecule has 0 aliphatic carbocycles. The molecule has 0 rings (SSSR count). The second-order valence-electron chi connectivity index (χ2n) is 15.6. The van der Waals surface area contributed by atoms with Gasteiger partial charge in [0.2, 0.25) is 0 Å². The molecule has 0 amide bonds. The Bertz CT molecular complexity index is 706. The summed E-state index contributed by atoms with van der Waals surface area (Å²) in [4.78, 5) is 14.7. The van der Waals surface area contributed by atoms with Gasteiger partial charge >= 0.3 is 5.97 Å². The Labute approximate surface area is 322 Å². The molecule has 0 atom stereocenters. The van der Waals surface area contributed by atoms with Gasteiger partial charge in [-0.1, -0.05) is 184 Å². The van der Waals surface area contributed by atoms with Gasteiger partial charge in [-0.15, -0.1) is 0 Å². The minimum Gasteiger partial charge on any atom is -0.466 e. The lowest BCUT2D eigenvalue weighted by Crippen LogP contribution is -2.28. The first-order chi connectivity index (χ1) is 25.1. The van der Waals surface area contributed by atoms with Crippen LogP contribution in [0.1, 0.15) is 239 Å². The fourth-order valence-electron chi connectivity index (χ4n) is 7.08. The minimum absolute atomic E-state index is 0.000746. The van der Waals surface area contributed by atoms with Crippen molar-refractivity contribution in [2.45, 2.75) is 245 Å². The van der Waals surface area contributed by atoms with Gasteiger partial charge in [0.05, 0.1) is 18.2 Å². The van der Waals surface area contributed by atoms with Crippen molar-refractivity contribution in [3.63, 3.8) is 0 Å². The number of rotatable bonds is 43. The summed E-state index contributed by atoms with van der Waals surface area (Å²) in [6, 6.07) is 0. The number of hydrogen-bond acceptors (Lipinski definition) is 5. The van der Waals surface area contributed by atoms with Crippen LogP contribution in [0.15, 0.2) is 0 Å². The Balaban J connectivity index is 4.02.